The maximum absolute atomic E-state index is 12.6. The monoisotopic (exact) mass is 380 g/mol. The number of ether oxygens (including phenoxy) is 2. The van der Waals surface area contributed by atoms with Gasteiger partial charge < -0.3 is 14.8 Å². The summed E-state index contributed by atoms with van der Waals surface area (Å²) >= 11 is 1.22. The van der Waals surface area contributed by atoms with Crippen LogP contribution in [0.1, 0.15) is 41.8 Å². The molecule has 1 N–H and O–H groups in total. The Morgan fingerprint density at radius 3 is 2.73 bits per heavy atom. The SMILES string of the molecule is COC(=O)c1sccc1NC(=O)CN1[C@@H]2CCCC[C@H]2C[C@H]1C(=O)OC. The summed E-state index contributed by atoms with van der Waals surface area (Å²) in [4.78, 5) is 38.9. The Kier molecular flexibility index (Phi) is 5.93. The number of carbonyl (C=O) groups excluding carboxylic acids is 3. The van der Waals surface area contributed by atoms with E-state index in [-0.39, 0.29) is 30.5 Å². The normalized spacial score (nSPS) is 25.4. The van der Waals surface area contributed by atoms with Crippen molar-refractivity contribution in [1.82, 2.24) is 4.90 Å². The van der Waals surface area contributed by atoms with Gasteiger partial charge in [0.2, 0.25) is 5.91 Å². The lowest BCUT2D eigenvalue weighted by atomic mass is 9.85. The van der Waals surface area contributed by atoms with Crippen LogP contribution in [-0.2, 0) is 19.1 Å². The largest absolute Gasteiger partial charge is 0.468 e. The zero-order valence-corrected chi connectivity index (χ0v) is 15.8. The van der Waals surface area contributed by atoms with Crippen molar-refractivity contribution < 1.29 is 23.9 Å². The predicted molar refractivity (Wildman–Crippen MR) is 97.2 cm³/mol. The third-order valence-corrected chi connectivity index (χ3v) is 6.23. The van der Waals surface area contributed by atoms with E-state index >= 15 is 0 Å². The van der Waals surface area contributed by atoms with E-state index in [1.54, 1.807) is 11.4 Å². The van der Waals surface area contributed by atoms with E-state index in [0.717, 1.165) is 25.7 Å². The molecule has 0 aromatic carbocycles. The minimum atomic E-state index is -0.476. The summed E-state index contributed by atoms with van der Waals surface area (Å²) in [6, 6.07) is 1.54. The molecule has 2 heterocycles. The van der Waals surface area contributed by atoms with Gasteiger partial charge in [0.25, 0.3) is 0 Å². The van der Waals surface area contributed by atoms with Gasteiger partial charge in [-0.2, -0.15) is 0 Å². The Morgan fingerprint density at radius 2 is 2.00 bits per heavy atom. The Balaban J connectivity index is 1.71. The fourth-order valence-electron chi connectivity index (χ4n) is 4.16. The van der Waals surface area contributed by atoms with E-state index in [2.05, 4.69) is 5.32 Å². The first-order chi connectivity index (χ1) is 12.5. The van der Waals surface area contributed by atoms with Crippen molar-refractivity contribution in [2.24, 2.45) is 5.92 Å². The molecule has 8 heteroatoms. The zero-order chi connectivity index (χ0) is 18.7. The Hall–Kier alpha value is -1.93. The van der Waals surface area contributed by atoms with E-state index in [1.807, 2.05) is 4.90 Å². The Labute approximate surface area is 156 Å². The number of anilines is 1. The third-order valence-electron chi connectivity index (χ3n) is 5.33. The maximum atomic E-state index is 12.6. The summed E-state index contributed by atoms with van der Waals surface area (Å²) < 4.78 is 9.68. The third kappa shape index (κ3) is 3.76. The maximum Gasteiger partial charge on any atom is 0.350 e. The van der Waals surface area contributed by atoms with Gasteiger partial charge in [-0.15, -0.1) is 11.3 Å². The van der Waals surface area contributed by atoms with Crippen LogP contribution in [-0.4, -0.2) is 55.6 Å². The number of nitrogens with one attached hydrogen (secondary N) is 1. The van der Waals surface area contributed by atoms with Crippen molar-refractivity contribution >= 4 is 34.9 Å². The molecule has 1 aromatic rings. The van der Waals surface area contributed by atoms with Gasteiger partial charge in [-0.25, -0.2) is 4.79 Å². The lowest BCUT2D eigenvalue weighted by Gasteiger charge is -2.32. The van der Waals surface area contributed by atoms with Crippen molar-refractivity contribution in [2.45, 2.75) is 44.2 Å². The molecule has 7 nitrogen and oxygen atoms in total. The molecule has 1 saturated heterocycles. The van der Waals surface area contributed by atoms with E-state index in [1.165, 1.54) is 32.0 Å². The molecule has 26 heavy (non-hydrogen) atoms. The standard InChI is InChI=1S/C18H24N2O5S/c1-24-17(22)14-9-11-5-3-4-6-13(11)20(14)10-15(21)19-12-7-8-26-16(12)18(23)25-2/h7-8,11,13-14H,3-6,9-10H2,1-2H3,(H,19,21)/t11-,13+,14-/m0/s1. The summed E-state index contributed by atoms with van der Waals surface area (Å²) in [5.41, 5.74) is 0.445. The van der Waals surface area contributed by atoms with E-state index in [9.17, 15) is 14.4 Å². The second-order valence-corrected chi connectivity index (χ2v) is 7.68. The first-order valence-corrected chi connectivity index (χ1v) is 9.72. The second-order valence-electron chi connectivity index (χ2n) is 6.76. The molecule has 0 spiro atoms. The van der Waals surface area contributed by atoms with Crippen LogP contribution in [0.15, 0.2) is 11.4 Å². The van der Waals surface area contributed by atoms with Crippen LogP contribution in [0.5, 0.6) is 0 Å². The highest BCUT2D eigenvalue weighted by atomic mass is 32.1. The van der Waals surface area contributed by atoms with Crippen LogP contribution in [0.4, 0.5) is 5.69 Å². The molecule has 1 aliphatic carbocycles. The Morgan fingerprint density at radius 1 is 1.23 bits per heavy atom. The predicted octanol–water partition coefficient (Wildman–Crippen LogP) is 2.28. The molecule has 1 amide bonds. The molecule has 0 radical (unpaired) electrons. The highest BCUT2D eigenvalue weighted by molar-refractivity contribution is 7.12. The van der Waals surface area contributed by atoms with Gasteiger partial charge in [0.05, 0.1) is 26.5 Å². The summed E-state index contributed by atoms with van der Waals surface area (Å²) in [7, 11) is 2.69. The Bertz CT molecular complexity index is 689. The van der Waals surface area contributed by atoms with E-state index in [0.29, 0.717) is 16.5 Å². The summed E-state index contributed by atoms with van der Waals surface area (Å²) in [5.74, 6) is -0.560. The molecule has 3 atom stereocenters. The molecule has 1 saturated carbocycles. The molecule has 0 bridgehead atoms. The topological polar surface area (TPSA) is 84.9 Å². The molecule has 1 aliphatic heterocycles. The molecular formula is C18H24N2O5S. The first kappa shape index (κ1) is 18.8. The number of esters is 2. The number of nitrogens with zero attached hydrogens (tertiary/aromatic N) is 1. The van der Waals surface area contributed by atoms with Crippen molar-refractivity contribution in [1.29, 1.82) is 0 Å². The number of likely N-dealkylation sites (tertiary alicyclic amines) is 1. The summed E-state index contributed by atoms with van der Waals surface area (Å²) in [5, 5.41) is 4.51. The number of hydrogen-bond donors (Lipinski definition) is 1. The van der Waals surface area contributed by atoms with Gasteiger partial charge in [-0.1, -0.05) is 12.8 Å². The number of thiophene rings is 1. The molecule has 1 aromatic heterocycles. The summed E-state index contributed by atoms with van der Waals surface area (Å²) in [6.07, 6.45) is 5.12. The fraction of sp³-hybridized carbons (Fsp3) is 0.611. The molecule has 3 rings (SSSR count). The van der Waals surface area contributed by atoms with Crippen LogP contribution >= 0.6 is 11.3 Å². The van der Waals surface area contributed by atoms with Crippen molar-refractivity contribution in [3.05, 3.63) is 16.3 Å². The second kappa shape index (κ2) is 8.18. The average Bonchev–Trinajstić information content (AvgIpc) is 3.25. The highest BCUT2D eigenvalue weighted by Crippen LogP contribution is 2.40. The number of fused-ring (bicyclic) bond motifs is 1. The van der Waals surface area contributed by atoms with Crippen LogP contribution in [0.25, 0.3) is 0 Å². The van der Waals surface area contributed by atoms with Gasteiger partial charge in [0.15, 0.2) is 0 Å². The van der Waals surface area contributed by atoms with Crippen LogP contribution in [0, 0.1) is 5.92 Å². The fourth-order valence-corrected chi connectivity index (χ4v) is 4.93. The van der Waals surface area contributed by atoms with Gasteiger partial charge in [-0.05, 0) is 36.6 Å². The van der Waals surface area contributed by atoms with Crippen molar-refractivity contribution in [3.8, 4) is 0 Å². The summed E-state index contributed by atoms with van der Waals surface area (Å²) in [6.45, 7) is 0.109. The minimum absolute atomic E-state index is 0.109. The molecular weight excluding hydrogens is 356 g/mol. The smallest absolute Gasteiger partial charge is 0.350 e. The van der Waals surface area contributed by atoms with Gasteiger partial charge in [0, 0.05) is 6.04 Å². The number of carbonyl (C=O) groups is 3. The first-order valence-electron chi connectivity index (χ1n) is 8.84. The van der Waals surface area contributed by atoms with Gasteiger partial charge in [0.1, 0.15) is 10.9 Å². The number of hydrogen-bond acceptors (Lipinski definition) is 7. The number of rotatable bonds is 5. The molecule has 2 fully saturated rings. The highest BCUT2D eigenvalue weighted by Gasteiger charge is 2.46. The van der Waals surface area contributed by atoms with Crippen LogP contribution in [0.3, 0.4) is 0 Å². The molecule has 142 valence electrons. The van der Waals surface area contributed by atoms with Gasteiger partial charge in [-0.3, -0.25) is 14.5 Å². The van der Waals surface area contributed by atoms with Crippen molar-refractivity contribution in [3.63, 3.8) is 0 Å². The van der Waals surface area contributed by atoms with E-state index < -0.39 is 5.97 Å². The van der Waals surface area contributed by atoms with Gasteiger partial charge >= 0.3 is 11.9 Å². The lowest BCUT2D eigenvalue weighted by Crippen LogP contribution is -2.46. The van der Waals surface area contributed by atoms with Crippen molar-refractivity contribution in [2.75, 3.05) is 26.1 Å². The lowest BCUT2D eigenvalue weighted by molar-refractivity contribution is -0.146. The number of methoxy groups -OCH3 is 2. The minimum Gasteiger partial charge on any atom is -0.468 e. The van der Waals surface area contributed by atoms with Crippen LogP contribution < -0.4 is 5.32 Å². The zero-order valence-electron chi connectivity index (χ0n) is 15.0. The average molecular weight is 380 g/mol. The molecule has 2 aliphatic rings. The number of amides is 1. The van der Waals surface area contributed by atoms with Crippen LogP contribution in [0.2, 0.25) is 0 Å². The quantitative estimate of drug-likeness (QED) is 0.789. The van der Waals surface area contributed by atoms with E-state index in [4.69, 9.17) is 9.47 Å². The molecule has 0 unspecified atom stereocenters.